The fourth-order valence-corrected chi connectivity index (χ4v) is 2.78. The van der Waals surface area contributed by atoms with Gasteiger partial charge in [0.15, 0.2) is 0 Å². The van der Waals surface area contributed by atoms with Gasteiger partial charge < -0.3 is 24.1 Å². The number of allylic oxidation sites excluding steroid dienone is 4. The molecule has 8 nitrogen and oxygen atoms in total. The maximum Gasteiger partial charge on any atom is 0.145 e. The van der Waals surface area contributed by atoms with E-state index in [9.17, 15) is 0 Å². The molecule has 0 aliphatic rings. The largest absolute Gasteiger partial charge is 0.489 e. The quantitative estimate of drug-likeness (QED) is 0.170. The van der Waals surface area contributed by atoms with Crippen molar-refractivity contribution in [1.82, 2.24) is 0 Å². The first-order valence-electron chi connectivity index (χ1n) is 11.9. The van der Waals surface area contributed by atoms with Crippen LogP contribution >= 0.6 is 0 Å². The molecule has 0 aliphatic carbocycles. The molecule has 0 fully saturated rings. The number of ether oxygens (including phenoxy) is 4. The van der Waals surface area contributed by atoms with Crippen LogP contribution < -0.4 is 9.47 Å². The number of hydrogen-bond acceptors (Lipinski definition) is 8. The van der Waals surface area contributed by atoms with E-state index in [0.717, 1.165) is 18.7 Å². The first-order chi connectivity index (χ1) is 17.7. The van der Waals surface area contributed by atoms with Crippen LogP contribution in [0.4, 0.5) is 11.4 Å². The van der Waals surface area contributed by atoms with E-state index in [1.165, 1.54) is 6.21 Å². The number of benzene rings is 2. The van der Waals surface area contributed by atoms with Crippen molar-refractivity contribution in [3.8, 4) is 11.5 Å². The van der Waals surface area contributed by atoms with Crippen LogP contribution in [0.2, 0.25) is 0 Å². The van der Waals surface area contributed by atoms with E-state index in [1.54, 1.807) is 42.7 Å². The van der Waals surface area contributed by atoms with Gasteiger partial charge in [0.1, 0.15) is 36.1 Å². The van der Waals surface area contributed by atoms with Crippen LogP contribution in [-0.2, 0) is 9.47 Å². The number of hydrogen-bond donors (Lipinski definition) is 2. The van der Waals surface area contributed by atoms with Crippen molar-refractivity contribution in [1.29, 1.82) is 5.41 Å². The highest BCUT2D eigenvalue weighted by Crippen LogP contribution is 2.27. The summed E-state index contributed by atoms with van der Waals surface area (Å²) in [5.74, 6) is 1.24. The Balaban J connectivity index is 1.77. The van der Waals surface area contributed by atoms with E-state index in [0.29, 0.717) is 43.6 Å². The smallest absolute Gasteiger partial charge is 0.145 e. The summed E-state index contributed by atoms with van der Waals surface area (Å²) in [6.07, 6.45) is 11.0. The highest BCUT2D eigenvalue weighted by molar-refractivity contribution is 6.34. The molecule has 2 aromatic rings. The molecule has 0 bridgehead atoms. The number of aliphatic imine (C=N–C) groups is 2. The highest BCUT2D eigenvalue weighted by atomic mass is 16.5. The lowest BCUT2D eigenvalue weighted by atomic mass is 10.3. The zero-order valence-electron chi connectivity index (χ0n) is 20.7. The van der Waals surface area contributed by atoms with Gasteiger partial charge in [-0.1, -0.05) is 43.3 Å². The Kier molecular flexibility index (Phi) is 14.9. The summed E-state index contributed by atoms with van der Waals surface area (Å²) in [7, 11) is 0. The molecule has 0 aliphatic heterocycles. The van der Waals surface area contributed by atoms with Crippen molar-refractivity contribution >= 4 is 29.5 Å². The first kappa shape index (κ1) is 28.6. The maximum absolute atomic E-state index is 8.92. The zero-order valence-corrected chi connectivity index (χ0v) is 20.7. The maximum atomic E-state index is 8.92. The average Bonchev–Trinajstić information content (AvgIpc) is 2.90. The molecule has 36 heavy (non-hydrogen) atoms. The van der Waals surface area contributed by atoms with Crippen LogP contribution in [0.15, 0.2) is 82.8 Å². The number of rotatable bonds is 18. The van der Waals surface area contributed by atoms with Gasteiger partial charge in [-0.05, 0) is 42.8 Å². The van der Waals surface area contributed by atoms with Crippen molar-refractivity contribution in [3.05, 3.63) is 72.8 Å². The van der Waals surface area contributed by atoms with Crippen LogP contribution in [0, 0.1) is 5.41 Å². The van der Waals surface area contributed by atoms with Crippen LogP contribution in [0.3, 0.4) is 0 Å². The topological polar surface area (TPSA) is 106 Å². The molecule has 0 saturated heterocycles. The van der Waals surface area contributed by atoms with Crippen molar-refractivity contribution in [3.63, 3.8) is 0 Å². The third-order valence-electron chi connectivity index (χ3n) is 4.43. The van der Waals surface area contributed by atoms with Crippen LogP contribution in [0.25, 0.3) is 0 Å². The molecule has 8 heteroatoms. The lowest BCUT2D eigenvalue weighted by Gasteiger charge is -2.09. The molecule has 2 aromatic carbocycles. The lowest BCUT2D eigenvalue weighted by Crippen LogP contribution is -2.11. The first-order valence-corrected chi connectivity index (χ1v) is 11.9. The van der Waals surface area contributed by atoms with Crippen molar-refractivity contribution < 1.29 is 24.1 Å². The van der Waals surface area contributed by atoms with Gasteiger partial charge in [0, 0.05) is 12.8 Å². The lowest BCUT2D eigenvalue weighted by molar-refractivity contribution is 0.0366. The molecule has 0 saturated carbocycles. The number of nitrogens with one attached hydrogen (secondary N) is 1. The van der Waals surface area contributed by atoms with Crippen LogP contribution in [-0.4, -0.2) is 69.5 Å². The predicted octanol–water partition coefficient (Wildman–Crippen LogP) is 5.12. The summed E-state index contributed by atoms with van der Waals surface area (Å²) in [6.45, 7) is 5.00. The van der Waals surface area contributed by atoms with Crippen LogP contribution in [0.5, 0.6) is 11.5 Å². The minimum absolute atomic E-state index is 0.0742. The minimum Gasteiger partial charge on any atom is -0.489 e. The molecule has 2 rings (SSSR count). The van der Waals surface area contributed by atoms with E-state index < -0.39 is 0 Å². The third kappa shape index (κ3) is 12.2. The summed E-state index contributed by atoms with van der Waals surface area (Å²) in [6, 6.07) is 14.8. The number of nitrogens with zero attached hydrogens (tertiary/aromatic N) is 2. The zero-order chi connectivity index (χ0) is 25.7. The van der Waals surface area contributed by atoms with Crippen LogP contribution in [0.1, 0.15) is 13.3 Å². The number of aliphatic hydroxyl groups excluding tert-OH is 1. The molecule has 2 N–H and O–H groups in total. The van der Waals surface area contributed by atoms with Gasteiger partial charge in [0.2, 0.25) is 0 Å². The van der Waals surface area contributed by atoms with Crippen molar-refractivity contribution in [2.24, 2.45) is 9.98 Å². The molecular weight excluding hydrogens is 458 g/mol. The summed E-state index contributed by atoms with van der Waals surface area (Å²) < 4.78 is 22.1. The Labute approximate surface area is 213 Å². The van der Waals surface area contributed by atoms with Gasteiger partial charge in [-0.25, -0.2) is 0 Å². The van der Waals surface area contributed by atoms with Gasteiger partial charge in [0.05, 0.1) is 38.4 Å². The van der Waals surface area contributed by atoms with Gasteiger partial charge in [-0.15, -0.1) is 0 Å². The summed E-state index contributed by atoms with van der Waals surface area (Å²) in [5, 5.41) is 16.9. The van der Waals surface area contributed by atoms with E-state index >= 15 is 0 Å². The standard InChI is InChI=1S/C28H35N3O5/c1-2-17-33-19-20-34-21-22-36-27-13-7-5-11-25(27)30-15-9-3-4-10-24(29)23-31-26-12-6-8-14-28(26)35-18-16-32/h3-15,23,29,32H,2,16-22H2,1H3/b9-3+,10-4-,29-24?,30-15+,31-23+. The second-order valence-corrected chi connectivity index (χ2v) is 7.32. The third-order valence-corrected chi connectivity index (χ3v) is 4.43. The SMILES string of the molecule is CCCOCCOCCOc1ccccc1/N=C/C=C/C=C\C(=N)/C=N/c1ccccc1OCCO. The monoisotopic (exact) mass is 493 g/mol. The van der Waals surface area contributed by atoms with E-state index in [-0.39, 0.29) is 18.9 Å². The van der Waals surface area contributed by atoms with Crippen molar-refractivity contribution in [2.45, 2.75) is 13.3 Å². The molecule has 0 atom stereocenters. The van der Waals surface area contributed by atoms with Crippen molar-refractivity contribution in [2.75, 3.05) is 46.2 Å². The second-order valence-electron chi connectivity index (χ2n) is 7.32. The Morgan fingerprint density at radius 3 is 2.08 bits per heavy atom. The molecule has 0 aromatic heterocycles. The van der Waals surface area contributed by atoms with E-state index in [1.807, 2.05) is 36.4 Å². The fraction of sp³-hybridized carbons (Fsp3) is 0.321. The number of aliphatic hydroxyl groups is 1. The Bertz CT molecular complexity index is 1020. The van der Waals surface area contributed by atoms with Gasteiger partial charge in [-0.3, -0.25) is 15.4 Å². The van der Waals surface area contributed by atoms with E-state index in [4.69, 9.17) is 29.5 Å². The molecule has 0 amide bonds. The Morgan fingerprint density at radius 2 is 1.39 bits per heavy atom. The molecule has 0 radical (unpaired) electrons. The summed E-state index contributed by atoms with van der Waals surface area (Å²) in [5.41, 5.74) is 1.55. The second kappa shape index (κ2) is 18.7. The molecule has 0 unspecified atom stereocenters. The Morgan fingerprint density at radius 1 is 0.778 bits per heavy atom. The summed E-state index contributed by atoms with van der Waals surface area (Å²) >= 11 is 0. The summed E-state index contributed by atoms with van der Waals surface area (Å²) in [4.78, 5) is 8.73. The molecule has 0 heterocycles. The number of para-hydroxylation sites is 4. The molecular formula is C28H35N3O5. The predicted molar refractivity (Wildman–Crippen MR) is 145 cm³/mol. The van der Waals surface area contributed by atoms with Gasteiger partial charge in [-0.2, -0.15) is 0 Å². The normalized spacial score (nSPS) is 11.8. The highest BCUT2D eigenvalue weighted by Gasteiger charge is 2.01. The van der Waals surface area contributed by atoms with E-state index in [2.05, 4.69) is 16.9 Å². The Hall–Kier alpha value is -3.59. The molecule has 0 spiro atoms. The minimum atomic E-state index is -0.0742. The average molecular weight is 494 g/mol. The van der Waals surface area contributed by atoms with Gasteiger partial charge in [0.25, 0.3) is 0 Å². The molecule has 192 valence electrons. The van der Waals surface area contributed by atoms with Gasteiger partial charge >= 0.3 is 0 Å². The fourth-order valence-electron chi connectivity index (χ4n) is 2.78.